The molecule has 3 rings (SSSR count). The summed E-state index contributed by atoms with van der Waals surface area (Å²) in [6, 6.07) is -2.01. The fourth-order valence-corrected chi connectivity index (χ4v) is 3.76. The maximum Gasteiger partial charge on any atom is 0.192 e. The first kappa shape index (κ1) is 21.2. The molecule has 8 unspecified atom stereocenters. The van der Waals surface area contributed by atoms with Crippen LogP contribution in [0, 0.1) is 0 Å². The summed E-state index contributed by atoms with van der Waals surface area (Å²) in [5, 5.41) is 33.9. The Kier molecular flexibility index (Phi) is 6.67. The standard InChI is InChI=1S/C15H30N4O8/c1-4-7(17)9(20)11(22)15(23-4)26-14-8(19-2)10(21)12-6(24-14)3-5(16)13(25-12)27-18/h4-15,19-22H,3,16-18H2,1-2H3/t4?,5?,6-,7+,8?,9?,10?,11?,12?,13+,14?,15+/m0/s1. The van der Waals surface area contributed by atoms with Crippen molar-refractivity contribution in [1.29, 1.82) is 0 Å². The van der Waals surface area contributed by atoms with Gasteiger partial charge in [-0.2, -0.15) is 0 Å². The molecule has 3 heterocycles. The van der Waals surface area contributed by atoms with Gasteiger partial charge in [-0.15, -0.1) is 0 Å². The third-order valence-electron chi connectivity index (χ3n) is 5.47. The molecule has 12 heteroatoms. The van der Waals surface area contributed by atoms with Gasteiger partial charge < -0.3 is 51.1 Å². The van der Waals surface area contributed by atoms with E-state index in [0.29, 0.717) is 6.42 Å². The van der Waals surface area contributed by atoms with Gasteiger partial charge in [0.1, 0.15) is 24.4 Å². The number of hydrogen-bond acceptors (Lipinski definition) is 12. The van der Waals surface area contributed by atoms with Gasteiger partial charge >= 0.3 is 0 Å². The van der Waals surface area contributed by atoms with Crippen LogP contribution < -0.4 is 22.7 Å². The molecule has 12 nitrogen and oxygen atoms in total. The van der Waals surface area contributed by atoms with Gasteiger partial charge in [0.25, 0.3) is 0 Å². The minimum absolute atomic E-state index is 0.317. The summed E-state index contributed by atoms with van der Waals surface area (Å²) in [7, 11) is 1.62. The highest BCUT2D eigenvalue weighted by atomic mass is 16.8. The highest BCUT2D eigenvalue weighted by molar-refractivity contribution is 4.99. The van der Waals surface area contributed by atoms with Crippen LogP contribution in [0.2, 0.25) is 0 Å². The molecule has 3 fully saturated rings. The average molecular weight is 394 g/mol. The van der Waals surface area contributed by atoms with Crippen molar-refractivity contribution >= 4 is 0 Å². The van der Waals surface area contributed by atoms with Crippen molar-refractivity contribution in [3.63, 3.8) is 0 Å². The Morgan fingerprint density at radius 2 is 1.67 bits per heavy atom. The predicted octanol–water partition coefficient (Wildman–Crippen LogP) is -4.20. The minimum Gasteiger partial charge on any atom is -0.388 e. The van der Waals surface area contributed by atoms with Gasteiger partial charge in [-0.05, 0) is 20.4 Å². The van der Waals surface area contributed by atoms with Crippen molar-refractivity contribution in [2.45, 2.75) is 87.0 Å². The van der Waals surface area contributed by atoms with Gasteiger partial charge in [0.15, 0.2) is 18.9 Å². The average Bonchev–Trinajstić information content (AvgIpc) is 2.64. The summed E-state index contributed by atoms with van der Waals surface area (Å²) >= 11 is 0. The first-order valence-electron chi connectivity index (χ1n) is 8.98. The molecule has 27 heavy (non-hydrogen) atoms. The first-order chi connectivity index (χ1) is 12.8. The van der Waals surface area contributed by atoms with Crippen LogP contribution in [0.25, 0.3) is 0 Å². The second-order valence-electron chi connectivity index (χ2n) is 7.26. The Morgan fingerprint density at radius 3 is 2.30 bits per heavy atom. The van der Waals surface area contributed by atoms with Crippen LogP contribution in [-0.2, 0) is 23.8 Å². The number of ether oxygens (including phenoxy) is 4. The van der Waals surface area contributed by atoms with Gasteiger partial charge in [-0.1, -0.05) is 0 Å². The van der Waals surface area contributed by atoms with Crippen LogP contribution in [0.4, 0.5) is 0 Å². The lowest BCUT2D eigenvalue weighted by molar-refractivity contribution is -0.368. The Hall–Kier alpha value is -0.480. The molecule has 0 aromatic carbocycles. The topological polar surface area (TPSA) is 197 Å². The molecule has 3 saturated heterocycles. The lowest BCUT2D eigenvalue weighted by Gasteiger charge is -2.50. The predicted molar refractivity (Wildman–Crippen MR) is 89.5 cm³/mol. The number of rotatable bonds is 4. The fraction of sp³-hybridized carbons (Fsp3) is 1.00. The van der Waals surface area contributed by atoms with Gasteiger partial charge in [0.05, 0.1) is 30.3 Å². The van der Waals surface area contributed by atoms with E-state index in [1.807, 2.05) is 0 Å². The summed E-state index contributed by atoms with van der Waals surface area (Å²) in [4.78, 5) is 4.71. The third-order valence-corrected chi connectivity index (χ3v) is 5.47. The van der Waals surface area contributed by atoms with E-state index in [1.54, 1.807) is 14.0 Å². The van der Waals surface area contributed by atoms with E-state index in [2.05, 4.69) is 5.32 Å². The van der Waals surface area contributed by atoms with Gasteiger partial charge in [0.2, 0.25) is 0 Å². The smallest absolute Gasteiger partial charge is 0.192 e. The van der Waals surface area contributed by atoms with Gasteiger partial charge in [-0.3, -0.25) is 4.84 Å². The van der Waals surface area contributed by atoms with Crippen LogP contribution >= 0.6 is 0 Å². The summed E-state index contributed by atoms with van der Waals surface area (Å²) < 4.78 is 22.9. The normalized spacial score (nSPS) is 53.8. The van der Waals surface area contributed by atoms with E-state index in [-0.39, 0.29) is 0 Å². The van der Waals surface area contributed by atoms with Crippen molar-refractivity contribution < 1.29 is 39.1 Å². The van der Waals surface area contributed by atoms with E-state index in [9.17, 15) is 15.3 Å². The third kappa shape index (κ3) is 3.99. The van der Waals surface area contributed by atoms with Crippen LogP contribution in [0.3, 0.4) is 0 Å². The van der Waals surface area contributed by atoms with Crippen molar-refractivity contribution in [3.05, 3.63) is 0 Å². The zero-order valence-corrected chi connectivity index (χ0v) is 15.3. The quantitative estimate of drug-likeness (QED) is 0.227. The Balaban J connectivity index is 1.72. The minimum atomic E-state index is -1.37. The zero-order chi connectivity index (χ0) is 19.9. The van der Waals surface area contributed by atoms with Crippen molar-refractivity contribution in [3.8, 4) is 0 Å². The lowest BCUT2D eigenvalue weighted by atomic mass is 9.90. The van der Waals surface area contributed by atoms with Crippen LogP contribution in [0.1, 0.15) is 13.3 Å². The maximum atomic E-state index is 10.7. The van der Waals surface area contributed by atoms with Crippen LogP contribution in [0.15, 0.2) is 0 Å². The van der Waals surface area contributed by atoms with Gasteiger partial charge in [-0.25, -0.2) is 5.90 Å². The van der Waals surface area contributed by atoms with E-state index in [1.165, 1.54) is 0 Å². The van der Waals surface area contributed by atoms with Crippen molar-refractivity contribution in [2.24, 2.45) is 17.4 Å². The molecule has 0 bridgehead atoms. The van der Waals surface area contributed by atoms with Gasteiger partial charge in [0, 0.05) is 0 Å². The number of nitrogens with two attached hydrogens (primary N) is 3. The van der Waals surface area contributed by atoms with E-state index in [4.69, 9.17) is 41.1 Å². The second kappa shape index (κ2) is 8.49. The fourth-order valence-electron chi connectivity index (χ4n) is 3.76. The zero-order valence-electron chi connectivity index (χ0n) is 15.3. The first-order valence-corrected chi connectivity index (χ1v) is 8.98. The van der Waals surface area contributed by atoms with E-state index in [0.717, 1.165) is 0 Å². The molecule has 0 spiro atoms. The second-order valence-corrected chi connectivity index (χ2v) is 7.26. The summed E-state index contributed by atoms with van der Waals surface area (Å²) in [6.07, 6.45) is -8.20. The molecule has 12 atom stereocenters. The molecule has 0 aliphatic carbocycles. The Bertz CT molecular complexity index is 502. The molecule has 0 aromatic rings. The molecular formula is C15H30N4O8. The van der Waals surface area contributed by atoms with Crippen molar-refractivity contribution in [2.75, 3.05) is 7.05 Å². The number of fused-ring (bicyclic) bond motifs is 1. The Morgan fingerprint density at radius 1 is 0.963 bits per heavy atom. The number of aliphatic hydroxyl groups is 3. The van der Waals surface area contributed by atoms with Crippen LogP contribution in [0.5, 0.6) is 0 Å². The number of likely N-dealkylation sites (N-methyl/N-ethyl adjacent to an activating group) is 1. The summed E-state index contributed by atoms with van der Waals surface area (Å²) in [5.41, 5.74) is 11.7. The number of nitrogens with one attached hydrogen (secondary N) is 1. The maximum absolute atomic E-state index is 10.7. The summed E-state index contributed by atoms with van der Waals surface area (Å²) in [6.45, 7) is 1.67. The number of hydrogen-bond donors (Lipinski definition) is 7. The largest absolute Gasteiger partial charge is 0.388 e. The molecule has 0 aromatic heterocycles. The van der Waals surface area contributed by atoms with Crippen LogP contribution in [-0.4, -0.2) is 96.0 Å². The monoisotopic (exact) mass is 394 g/mol. The SMILES string of the molecule is CNC1C(O[C@H]2OC(C)[C@@H](N)C(O)C2O)O[C@H]2CC(N)[C@@H](ON)OC2C1O. The molecule has 10 N–H and O–H groups in total. The van der Waals surface area contributed by atoms with E-state index >= 15 is 0 Å². The molecule has 158 valence electrons. The number of aliphatic hydroxyl groups excluding tert-OH is 3. The molecule has 3 aliphatic heterocycles. The molecule has 0 saturated carbocycles. The highest BCUT2D eigenvalue weighted by Crippen LogP contribution is 2.33. The summed E-state index contributed by atoms with van der Waals surface area (Å²) in [5.74, 6) is 5.19. The molecule has 3 aliphatic rings. The van der Waals surface area contributed by atoms with E-state index < -0.39 is 73.6 Å². The highest BCUT2D eigenvalue weighted by Gasteiger charge is 2.52. The lowest BCUT2D eigenvalue weighted by Crippen LogP contribution is -2.69. The molecule has 0 amide bonds. The van der Waals surface area contributed by atoms with Crippen molar-refractivity contribution in [1.82, 2.24) is 5.32 Å². The molecule has 0 radical (unpaired) electrons. The Labute approximate surface area is 156 Å². The molecular weight excluding hydrogens is 364 g/mol.